The SMILES string of the molecule is C[C@@]12CC[C@@H]3[C@@](CC[C@H]4[C@@]3(C)CCC[C@@]4(C)C(=O)NCCNC(=O)[C@]3(C)CCC[C@@]4(C)[C@@H]5CC[C@@]6(C)C[C@]5(CC[C@@H]43)CC6=O)(CC1=O)C2. The van der Waals surface area contributed by atoms with Gasteiger partial charge in [-0.1, -0.05) is 54.4 Å². The maximum absolute atomic E-state index is 14.1. The summed E-state index contributed by atoms with van der Waals surface area (Å²) in [5, 5.41) is 6.63. The number of hydrogen-bond acceptors (Lipinski definition) is 4. The van der Waals surface area contributed by atoms with Crippen molar-refractivity contribution in [3.05, 3.63) is 0 Å². The molecule has 48 heavy (non-hydrogen) atoms. The lowest BCUT2D eigenvalue weighted by atomic mass is 9.40. The predicted octanol–water partition coefficient (Wildman–Crippen LogP) is 7.96. The minimum absolute atomic E-state index is 0.103. The second-order valence-corrected chi connectivity index (χ2v) is 20.8. The monoisotopic (exact) mass is 660 g/mol. The van der Waals surface area contributed by atoms with Crippen molar-refractivity contribution in [3.8, 4) is 0 Å². The Morgan fingerprint density at radius 1 is 0.542 bits per heavy atom. The highest BCUT2D eigenvalue weighted by Gasteiger charge is 2.69. The van der Waals surface area contributed by atoms with E-state index in [9.17, 15) is 19.2 Å². The van der Waals surface area contributed by atoms with Crippen LogP contribution in [0.1, 0.15) is 157 Å². The summed E-state index contributed by atoms with van der Waals surface area (Å²) in [5.74, 6) is 3.08. The standard InChI is InChI=1S/C42H64N2O4/c1-35-17-9-29-37(3)13-7-15-39(5,27(37)11-19-41(29,25-35)23-31(35)45)33(47)43-21-22-44-34(48)40(6)16-8-14-38(4)28(40)12-20-42-24-32(46)36(2,26-42)18-10-30(38)42/h27-30H,7-26H2,1-6H3,(H,43,47)(H,44,48)/t27-,28-,29-,30-,35-,36-,37+,38+,39+,40+,41-,42-/m0/s1. The number of carbonyl (C=O) groups is 4. The molecule has 0 saturated heterocycles. The summed E-state index contributed by atoms with van der Waals surface area (Å²) in [7, 11) is 0. The number of amides is 2. The highest BCUT2D eigenvalue weighted by Crippen LogP contribution is 2.74. The summed E-state index contributed by atoms with van der Waals surface area (Å²) >= 11 is 0. The van der Waals surface area contributed by atoms with Crippen molar-refractivity contribution in [2.75, 3.05) is 13.1 Å². The molecule has 8 aliphatic rings. The molecule has 8 saturated carbocycles. The third kappa shape index (κ3) is 4.28. The number of ketones is 2. The van der Waals surface area contributed by atoms with E-state index in [-0.39, 0.29) is 44.3 Å². The molecule has 8 aliphatic carbocycles. The summed E-state index contributed by atoms with van der Waals surface area (Å²) in [6.07, 6.45) is 18.6. The van der Waals surface area contributed by atoms with Gasteiger partial charge in [-0.15, -0.1) is 0 Å². The first-order valence-electron chi connectivity index (χ1n) is 20.1. The number of rotatable bonds is 5. The number of carbonyl (C=O) groups excluding carboxylic acids is 4. The molecule has 266 valence electrons. The van der Waals surface area contributed by atoms with Crippen molar-refractivity contribution in [2.24, 2.45) is 67.0 Å². The molecule has 6 nitrogen and oxygen atoms in total. The van der Waals surface area contributed by atoms with Gasteiger partial charge in [-0.2, -0.15) is 0 Å². The first kappa shape index (κ1) is 33.4. The first-order chi connectivity index (χ1) is 22.5. The van der Waals surface area contributed by atoms with Gasteiger partial charge in [0.15, 0.2) is 0 Å². The molecule has 2 spiro atoms. The van der Waals surface area contributed by atoms with Crippen LogP contribution < -0.4 is 10.6 Å². The van der Waals surface area contributed by atoms with Gasteiger partial charge in [0, 0.05) is 47.6 Å². The zero-order chi connectivity index (χ0) is 34.2. The zero-order valence-corrected chi connectivity index (χ0v) is 31.1. The number of nitrogens with one attached hydrogen (secondary N) is 2. The number of hydrogen-bond donors (Lipinski definition) is 2. The Bertz CT molecular complexity index is 1340. The fourth-order valence-electron chi connectivity index (χ4n) is 16.3. The molecule has 2 N–H and O–H groups in total. The second-order valence-electron chi connectivity index (χ2n) is 20.8. The van der Waals surface area contributed by atoms with Crippen LogP contribution in [0.5, 0.6) is 0 Å². The zero-order valence-electron chi connectivity index (χ0n) is 31.1. The van der Waals surface area contributed by atoms with Crippen molar-refractivity contribution in [3.63, 3.8) is 0 Å². The van der Waals surface area contributed by atoms with Crippen molar-refractivity contribution in [1.82, 2.24) is 10.6 Å². The molecule has 6 heteroatoms. The van der Waals surface area contributed by atoms with Crippen LogP contribution in [0, 0.1) is 67.0 Å². The van der Waals surface area contributed by atoms with Crippen LogP contribution in [0.25, 0.3) is 0 Å². The van der Waals surface area contributed by atoms with Crippen LogP contribution in [0.3, 0.4) is 0 Å². The quantitative estimate of drug-likeness (QED) is 0.293. The van der Waals surface area contributed by atoms with Gasteiger partial charge in [0.25, 0.3) is 0 Å². The van der Waals surface area contributed by atoms with Crippen LogP contribution in [0.15, 0.2) is 0 Å². The lowest BCUT2D eigenvalue weighted by Crippen LogP contribution is -2.61. The Balaban J connectivity index is 0.907. The van der Waals surface area contributed by atoms with E-state index < -0.39 is 10.8 Å². The van der Waals surface area contributed by atoms with Crippen LogP contribution in [0.2, 0.25) is 0 Å². The first-order valence-corrected chi connectivity index (χ1v) is 20.1. The van der Waals surface area contributed by atoms with E-state index in [1.54, 1.807) is 0 Å². The van der Waals surface area contributed by atoms with Gasteiger partial charge in [0.05, 0.1) is 0 Å². The third-order valence-corrected chi connectivity index (χ3v) is 18.4. The second kappa shape index (κ2) is 10.4. The predicted molar refractivity (Wildman–Crippen MR) is 187 cm³/mol. The molecule has 2 amide bonds. The molecule has 0 radical (unpaired) electrons. The van der Waals surface area contributed by atoms with Crippen LogP contribution in [-0.4, -0.2) is 36.5 Å². The van der Waals surface area contributed by atoms with Crippen LogP contribution in [0.4, 0.5) is 0 Å². The van der Waals surface area contributed by atoms with E-state index >= 15 is 0 Å². The molecule has 0 aromatic rings. The smallest absolute Gasteiger partial charge is 0.226 e. The molecule has 0 unspecified atom stereocenters. The van der Waals surface area contributed by atoms with E-state index in [0.29, 0.717) is 48.3 Å². The largest absolute Gasteiger partial charge is 0.354 e. The lowest BCUT2D eigenvalue weighted by Gasteiger charge is -2.64. The summed E-state index contributed by atoms with van der Waals surface area (Å²) in [4.78, 5) is 54.5. The minimum atomic E-state index is -0.408. The maximum atomic E-state index is 14.1. The van der Waals surface area contributed by atoms with Crippen molar-refractivity contribution in [1.29, 1.82) is 0 Å². The van der Waals surface area contributed by atoms with Gasteiger partial charge in [-0.25, -0.2) is 0 Å². The molecular formula is C42H64N2O4. The van der Waals surface area contributed by atoms with E-state index in [2.05, 4.69) is 52.2 Å². The molecule has 8 rings (SSSR count). The highest BCUT2D eigenvalue weighted by molar-refractivity contribution is 5.89. The Morgan fingerprint density at radius 3 is 1.31 bits per heavy atom. The average molecular weight is 661 g/mol. The molecule has 0 aliphatic heterocycles. The van der Waals surface area contributed by atoms with Crippen molar-refractivity contribution in [2.45, 2.75) is 157 Å². The van der Waals surface area contributed by atoms with Gasteiger partial charge in [0.2, 0.25) is 11.8 Å². The van der Waals surface area contributed by atoms with Crippen molar-refractivity contribution < 1.29 is 19.2 Å². The van der Waals surface area contributed by atoms with Gasteiger partial charge < -0.3 is 10.6 Å². The van der Waals surface area contributed by atoms with Gasteiger partial charge >= 0.3 is 0 Å². The summed E-state index contributed by atoms with van der Waals surface area (Å²) in [5.41, 5.74) is -0.515. The summed E-state index contributed by atoms with van der Waals surface area (Å²) in [6, 6.07) is 0. The highest BCUT2D eigenvalue weighted by atomic mass is 16.2. The average Bonchev–Trinajstić information content (AvgIpc) is 3.32. The molecule has 0 aromatic heterocycles. The molecule has 0 heterocycles. The van der Waals surface area contributed by atoms with Crippen molar-refractivity contribution >= 4 is 23.4 Å². The number of fused-ring (bicyclic) bond motifs is 6. The van der Waals surface area contributed by atoms with Gasteiger partial charge in [-0.3, -0.25) is 19.2 Å². The minimum Gasteiger partial charge on any atom is -0.354 e. The molecule has 8 fully saturated rings. The summed E-state index contributed by atoms with van der Waals surface area (Å²) in [6.45, 7) is 14.8. The Kier molecular flexibility index (Phi) is 7.26. The fourth-order valence-corrected chi connectivity index (χ4v) is 16.3. The Hall–Kier alpha value is -1.72. The molecule has 4 bridgehead atoms. The number of Topliss-reactive ketones (excluding diaryl/α,β-unsaturated/α-hetero) is 2. The maximum Gasteiger partial charge on any atom is 0.226 e. The van der Waals surface area contributed by atoms with E-state index in [4.69, 9.17) is 0 Å². The molecule has 0 aromatic carbocycles. The molecule has 12 atom stereocenters. The normalized spacial score (nSPS) is 53.6. The summed E-state index contributed by atoms with van der Waals surface area (Å²) < 4.78 is 0. The Morgan fingerprint density at radius 2 is 0.917 bits per heavy atom. The third-order valence-electron chi connectivity index (χ3n) is 18.4. The van der Waals surface area contributed by atoms with Gasteiger partial charge in [-0.05, 0) is 135 Å². The fraction of sp³-hybridized carbons (Fsp3) is 0.905. The van der Waals surface area contributed by atoms with Gasteiger partial charge in [0.1, 0.15) is 11.6 Å². The van der Waals surface area contributed by atoms with E-state index in [0.717, 1.165) is 103 Å². The topological polar surface area (TPSA) is 92.3 Å². The van der Waals surface area contributed by atoms with E-state index in [1.165, 1.54) is 12.8 Å². The van der Waals surface area contributed by atoms with Crippen LogP contribution in [-0.2, 0) is 19.2 Å². The lowest BCUT2D eigenvalue weighted by molar-refractivity contribution is -0.170. The van der Waals surface area contributed by atoms with Crippen LogP contribution >= 0.6 is 0 Å². The molecular weight excluding hydrogens is 596 g/mol. The Labute approximate surface area is 289 Å². The van der Waals surface area contributed by atoms with E-state index in [1.807, 2.05) is 0 Å².